The van der Waals surface area contributed by atoms with Gasteiger partial charge in [0, 0.05) is 32.2 Å². The number of hydrogen-bond donors (Lipinski definition) is 3. The first-order valence-electron chi connectivity index (χ1n) is 11.5. The summed E-state index contributed by atoms with van der Waals surface area (Å²) in [6.45, 7) is 2.97. The molecular formula is C24H22ClF3N6O5. The lowest BCUT2D eigenvalue weighted by Crippen LogP contribution is -2.44. The molecule has 15 heteroatoms. The van der Waals surface area contributed by atoms with Gasteiger partial charge >= 0.3 is 17.8 Å². The molecule has 0 radical (unpaired) electrons. The summed E-state index contributed by atoms with van der Waals surface area (Å²) in [5.41, 5.74) is 0.539. The Morgan fingerprint density at radius 2 is 1.74 bits per heavy atom. The highest BCUT2D eigenvalue weighted by atomic mass is 35.5. The largest absolute Gasteiger partial charge is 0.497 e. The van der Waals surface area contributed by atoms with E-state index >= 15 is 0 Å². The highest BCUT2D eigenvalue weighted by Crippen LogP contribution is 2.30. The summed E-state index contributed by atoms with van der Waals surface area (Å²) >= 11 is 6.53. The zero-order chi connectivity index (χ0) is 28.3. The van der Waals surface area contributed by atoms with E-state index in [1.807, 2.05) is 18.2 Å². The third-order valence-electron chi connectivity index (χ3n) is 5.74. The van der Waals surface area contributed by atoms with Crippen molar-refractivity contribution in [2.45, 2.75) is 6.18 Å². The second kappa shape index (κ2) is 11.2. The predicted octanol–water partition coefficient (Wildman–Crippen LogP) is 2.57. The number of nitrogens with zero attached hydrogens (tertiary/aromatic N) is 4. The molecule has 39 heavy (non-hydrogen) atoms. The molecule has 0 bridgehead atoms. The smallest absolute Gasteiger partial charge is 0.490 e. The Morgan fingerprint density at radius 3 is 2.36 bits per heavy atom. The van der Waals surface area contributed by atoms with Gasteiger partial charge in [-0.25, -0.2) is 14.2 Å². The number of anilines is 1. The zero-order valence-corrected chi connectivity index (χ0v) is 21.1. The molecule has 0 atom stereocenters. The minimum Gasteiger partial charge on any atom is -0.497 e. The van der Waals surface area contributed by atoms with Crippen LogP contribution in [0.4, 0.5) is 19.1 Å². The second-order valence-corrected chi connectivity index (χ2v) is 8.61. The first-order valence-corrected chi connectivity index (χ1v) is 11.8. The van der Waals surface area contributed by atoms with Crippen molar-refractivity contribution in [2.24, 2.45) is 0 Å². The molecule has 1 aliphatic heterocycles. The second-order valence-electron chi connectivity index (χ2n) is 8.21. The summed E-state index contributed by atoms with van der Waals surface area (Å²) in [6, 6.07) is 14.3. The van der Waals surface area contributed by atoms with Crippen LogP contribution in [0.2, 0.25) is 5.02 Å². The third kappa shape index (κ3) is 5.76. The van der Waals surface area contributed by atoms with Crippen molar-refractivity contribution in [1.29, 1.82) is 0 Å². The van der Waals surface area contributed by atoms with Gasteiger partial charge in [-0.05, 0) is 24.3 Å². The van der Waals surface area contributed by atoms with Crippen molar-refractivity contribution >= 4 is 34.7 Å². The maximum Gasteiger partial charge on any atom is 0.490 e. The highest BCUT2D eigenvalue weighted by molar-refractivity contribution is 6.32. The van der Waals surface area contributed by atoms with E-state index in [1.54, 1.807) is 42.0 Å². The number of piperazine rings is 1. The number of aromatic nitrogens is 4. The molecule has 1 aliphatic rings. The number of para-hydroxylation sites is 1. The number of aromatic amines is 1. The summed E-state index contributed by atoms with van der Waals surface area (Å²) in [5, 5.41) is 10.9. The fraction of sp³-hybridized carbons (Fsp3) is 0.250. The zero-order valence-electron chi connectivity index (χ0n) is 20.3. The van der Waals surface area contributed by atoms with Crippen LogP contribution in [-0.2, 0) is 4.79 Å². The van der Waals surface area contributed by atoms with E-state index < -0.39 is 23.4 Å². The number of ether oxygens (including phenoxy) is 1. The monoisotopic (exact) mass is 566 g/mol. The van der Waals surface area contributed by atoms with Crippen molar-refractivity contribution in [2.75, 3.05) is 38.2 Å². The summed E-state index contributed by atoms with van der Waals surface area (Å²) in [5.74, 6) is -1.61. The topological polar surface area (TPSA) is 134 Å². The Hall–Kier alpha value is -4.30. The third-order valence-corrected chi connectivity index (χ3v) is 6.06. The van der Waals surface area contributed by atoms with E-state index in [4.69, 9.17) is 31.2 Å². The molecule has 0 saturated carbocycles. The van der Waals surface area contributed by atoms with Gasteiger partial charge in [-0.1, -0.05) is 29.8 Å². The SMILES string of the molecule is COc1cccc(-n2c(=O)[nH]c(=O)c3c2nc(N2CCNCC2)n3-c2ccccc2Cl)c1.O=C(O)C(F)(F)F. The maximum absolute atomic E-state index is 13.1. The molecule has 0 amide bonds. The molecule has 1 fully saturated rings. The van der Waals surface area contributed by atoms with Crippen LogP contribution >= 0.6 is 11.6 Å². The Labute approximate surface area is 223 Å². The number of alkyl halides is 3. The number of nitrogens with one attached hydrogen (secondary N) is 2. The lowest BCUT2D eigenvalue weighted by atomic mass is 10.3. The summed E-state index contributed by atoms with van der Waals surface area (Å²) in [4.78, 5) is 44.2. The molecule has 2 aromatic carbocycles. The van der Waals surface area contributed by atoms with Crippen LogP contribution in [0.5, 0.6) is 5.75 Å². The van der Waals surface area contributed by atoms with Gasteiger partial charge in [0.2, 0.25) is 5.95 Å². The van der Waals surface area contributed by atoms with Crippen LogP contribution in [0.15, 0.2) is 58.1 Å². The van der Waals surface area contributed by atoms with Crippen molar-refractivity contribution in [3.05, 3.63) is 74.4 Å². The molecule has 3 heterocycles. The number of carboxylic acids is 1. The number of carboxylic acid groups (broad SMARTS) is 1. The molecule has 11 nitrogen and oxygen atoms in total. The van der Waals surface area contributed by atoms with Gasteiger partial charge in [0.05, 0.1) is 23.5 Å². The number of rotatable bonds is 4. The standard InChI is InChI=1S/C22H21ClN6O3.C2HF3O2/c1-32-15-6-4-5-14(13-15)28-19-18(20(30)26-22(28)31)29(17-8-3-2-7-16(17)23)21(25-19)27-11-9-24-10-12-27;3-2(4,5)1(6)7/h2-8,13,24H,9-12H2,1H3,(H,26,30,31);(H,6,7). The number of benzene rings is 2. The van der Waals surface area contributed by atoms with Crippen LogP contribution in [0.3, 0.4) is 0 Å². The van der Waals surface area contributed by atoms with Gasteiger partial charge < -0.3 is 20.1 Å². The average molecular weight is 567 g/mol. The van der Waals surface area contributed by atoms with Crippen molar-refractivity contribution in [3.63, 3.8) is 0 Å². The van der Waals surface area contributed by atoms with E-state index in [1.165, 1.54) is 4.57 Å². The minimum absolute atomic E-state index is 0.244. The molecule has 0 spiro atoms. The van der Waals surface area contributed by atoms with Crippen LogP contribution < -0.4 is 26.2 Å². The van der Waals surface area contributed by atoms with Gasteiger partial charge in [0.15, 0.2) is 11.2 Å². The van der Waals surface area contributed by atoms with Crippen LogP contribution in [0, 0.1) is 0 Å². The Bertz CT molecular complexity index is 1630. The molecule has 5 rings (SSSR count). The maximum atomic E-state index is 13.1. The van der Waals surface area contributed by atoms with E-state index in [2.05, 4.69) is 15.2 Å². The Morgan fingerprint density at radius 1 is 1.08 bits per heavy atom. The van der Waals surface area contributed by atoms with Crippen molar-refractivity contribution < 1.29 is 27.8 Å². The lowest BCUT2D eigenvalue weighted by molar-refractivity contribution is -0.192. The fourth-order valence-corrected chi connectivity index (χ4v) is 4.21. The molecule has 4 aromatic rings. The number of aliphatic carboxylic acids is 1. The molecule has 1 saturated heterocycles. The molecule has 2 aromatic heterocycles. The number of fused-ring (bicyclic) bond motifs is 1. The number of imidazole rings is 1. The lowest BCUT2D eigenvalue weighted by Gasteiger charge is -2.28. The van der Waals surface area contributed by atoms with Crippen LogP contribution in [0.25, 0.3) is 22.5 Å². The minimum atomic E-state index is -5.08. The van der Waals surface area contributed by atoms with Crippen LogP contribution in [-0.4, -0.2) is 69.6 Å². The molecule has 206 valence electrons. The van der Waals surface area contributed by atoms with E-state index in [0.717, 1.165) is 13.1 Å². The van der Waals surface area contributed by atoms with Gasteiger partial charge in [-0.2, -0.15) is 18.2 Å². The molecule has 0 unspecified atom stereocenters. The summed E-state index contributed by atoms with van der Waals surface area (Å²) in [7, 11) is 1.55. The number of carbonyl (C=O) groups is 1. The fourth-order valence-electron chi connectivity index (χ4n) is 3.99. The normalized spacial score (nSPS) is 13.6. The van der Waals surface area contributed by atoms with Gasteiger partial charge in [-0.15, -0.1) is 0 Å². The number of halogens is 4. The number of hydrogen-bond acceptors (Lipinski definition) is 7. The summed E-state index contributed by atoms with van der Waals surface area (Å²) < 4.78 is 40.2. The van der Waals surface area contributed by atoms with Crippen molar-refractivity contribution in [3.8, 4) is 17.1 Å². The highest BCUT2D eigenvalue weighted by Gasteiger charge is 2.38. The van der Waals surface area contributed by atoms with Gasteiger partial charge in [-0.3, -0.25) is 14.3 Å². The number of methoxy groups -OCH3 is 1. The Balaban J connectivity index is 0.000000448. The predicted molar refractivity (Wildman–Crippen MR) is 138 cm³/mol. The molecule has 0 aliphatic carbocycles. The summed E-state index contributed by atoms with van der Waals surface area (Å²) in [6.07, 6.45) is -5.08. The van der Waals surface area contributed by atoms with E-state index in [9.17, 15) is 22.8 Å². The van der Waals surface area contributed by atoms with Gasteiger partial charge in [0.1, 0.15) is 5.75 Å². The molecular weight excluding hydrogens is 545 g/mol. The molecule has 3 N–H and O–H groups in total. The first kappa shape index (κ1) is 27.7. The van der Waals surface area contributed by atoms with E-state index in [-0.39, 0.29) is 11.2 Å². The Kier molecular flexibility index (Phi) is 7.97. The van der Waals surface area contributed by atoms with E-state index in [0.29, 0.717) is 41.2 Å². The first-order chi connectivity index (χ1) is 18.5. The van der Waals surface area contributed by atoms with Gasteiger partial charge in [0.25, 0.3) is 5.56 Å². The number of H-pyrrole nitrogens is 1. The average Bonchev–Trinajstić information content (AvgIpc) is 3.30. The quantitative estimate of drug-likeness (QED) is 0.343. The van der Waals surface area contributed by atoms with Crippen molar-refractivity contribution in [1.82, 2.24) is 24.4 Å². The van der Waals surface area contributed by atoms with Crippen LogP contribution in [0.1, 0.15) is 0 Å².